The van der Waals surface area contributed by atoms with E-state index in [1.165, 1.54) is 6.07 Å². The Bertz CT molecular complexity index is 476. The number of halogens is 1. The zero-order valence-corrected chi connectivity index (χ0v) is 11.8. The van der Waals surface area contributed by atoms with Gasteiger partial charge in [-0.15, -0.1) is 12.4 Å². The van der Waals surface area contributed by atoms with Crippen LogP contribution in [0.3, 0.4) is 0 Å². The van der Waals surface area contributed by atoms with Crippen LogP contribution in [0.5, 0.6) is 0 Å². The van der Waals surface area contributed by atoms with Crippen LogP contribution in [-0.4, -0.2) is 30.0 Å². The summed E-state index contributed by atoms with van der Waals surface area (Å²) in [5.41, 5.74) is 0.452. The van der Waals surface area contributed by atoms with Crippen molar-refractivity contribution in [2.75, 3.05) is 13.1 Å². The van der Waals surface area contributed by atoms with Crippen LogP contribution >= 0.6 is 12.4 Å². The molecule has 1 saturated heterocycles. The Morgan fingerprint density at radius 3 is 2.85 bits per heavy atom. The van der Waals surface area contributed by atoms with Gasteiger partial charge in [0, 0.05) is 24.2 Å². The van der Waals surface area contributed by atoms with Crippen LogP contribution in [0.4, 0.5) is 5.69 Å². The van der Waals surface area contributed by atoms with E-state index < -0.39 is 4.92 Å². The van der Waals surface area contributed by atoms with Gasteiger partial charge < -0.3 is 10.6 Å². The number of nitrogens with one attached hydrogen (secondary N) is 2. The summed E-state index contributed by atoms with van der Waals surface area (Å²) in [5, 5.41) is 17.0. The standard InChI is InChI=1S/C13H17N3O3.ClH/c17-13(15-11-5-3-7-14-9-11)8-10-4-1-2-6-12(10)16(18)19;/h1-2,4,6,11,14H,3,5,7-9H2,(H,15,17);1H/t11-;/m0./s1. The Balaban J connectivity index is 0.00000200. The summed E-state index contributed by atoms with van der Waals surface area (Å²) in [4.78, 5) is 22.3. The Morgan fingerprint density at radius 1 is 1.45 bits per heavy atom. The normalized spacial score (nSPS) is 17.9. The maximum absolute atomic E-state index is 11.9. The first-order valence-electron chi connectivity index (χ1n) is 6.39. The third-order valence-electron chi connectivity index (χ3n) is 3.20. The molecule has 0 aromatic heterocycles. The molecular weight excluding hydrogens is 282 g/mol. The highest BCUT2D eigenvalue weighted by Gasteiger charge is 2.19. The number of piperidine rings is 1. The fourth-order valence-electron chi connectivity index (χ4n) is 2.27. The third-order valence-corrected chi connectivity index (χ3v) is 3.20. The number of carbonyl (C=O) groups is 1. The van der Waals surface area contributed by atoms with Crippen LogP contribution in [0.1, 0.15) is 18.4 Å². The number of amides is 1. The van der Waals surface area contributed by atoms with Crippen molar-refractivity contribution in [1.82, 2.24) is 10.6 Å². The molecule has 20 heavy (non-hydrogen) atoms. The highest BCUT2D eigenvalue weighted by molar-refractivity contribution is 5.85. The lowest BCUT2D eigenvalue weighted by Crippen LogP contribution is -2.46. The van der Waals surface area contributed by atoms with Crippen LogP contribution < -0.4 is 10.6 Å². The molecule has 1 amide bonds. The Kier molecular flexibility index (Phi) is 6.41. The van der Waals surface area contributed by atoms with Gasteiger partial charge in [0.05, 0.1) is 11.3 Å². The molecule has 1 fully saturated rings. The van der Waals surface area contributed by atoms with Crippen molar-refractivity contribution < 1.29 is 9.72 Å². The quantitative estimate of drug-likeness (QED) is 0.650. The first-order valence-corrected chi connectivity index (χ1v) is 6.39. The molecule has 0 unspecified atom stereocenters. The number of hydrogen-bond acceptors (Lipinski definition) is 4. The molecule has 1 aliphatic rings. The average molecular weight is 300 g/mol. The zero-order valence-electron chi connectivity index (χ0n) is 11.0. The van der Waals surface area contributed by atoms with E-state index in [0.717, 1.165) is 25.9 Å². The second-order valence-electron chi connectivity index (χ2n) is 4.67. The average Bonchev–Trinajstić information content (AvgIpc) is 2.40. The number of para-hydroxylation sites is 1. The summed E-state index contributed by atoms with van der Waals surface area (Å²) in [6.45, 7) is 1.75. The van der Waals surface area contributed by atoms with Crippen LogP contribution in [0.15, 0.2) is 24.3 Å². The highest BCUT2D eigenvalue weighted by Crippen LogP contribution is 2.18. The predicted molar refractivity (Wildman–Crippen MR) is 78.1 cm³/mol. The molecule has 1 aromatic carbocycles. The minimum atomic E-state index is -0.454. The smallest absolute Gasteiger partial charge is 0.273 e. The van der Waals surface area contributed by atoms with Gasteiger partial charge in [0.2, 0.25) is 5.91 Å². The fourth-order valence-corrected chi connectivity index (χ4v) is 2.27. The summed E-state index contributed by atoms with van der Waals surface area (Å²) in [5.74, 6) is -0.164. The minimum absolute atomic E-state index is 0. The summed E-state index contributed by atoms with van der Waals surface area (Å²) in [6, 6.07) is 6.48. The van der Waals surface area contributed by atoms with Gasteiger partial charge in [0.15, 0.2) is 0 Å². The first kappa shape index (κ1) is 16.4. The van der Waals surface area contributed by atoms with Gasteiger partial charge in [-0.1, -0.05) is 18.2 Å². The fraction of sp³-hybridized carbons (Fsp3) is 0.462. The van der Waals surface area contributed by atoms with Gasteiger partial charge in [0.1, 0.15) is 0 Å². The van der Waals surface area contributed by atoms with Gasteiger partial charge in [-0.2, -0.15) is 0 Å². The van der Waals surface area contributed by atoms with E-state index >= 15 is 0 Å². The maximum Gasteiger partial charge on any atom is 0.273 e. The lowest BCUT2D eigenvalue weighted by molar-refractivity contribution is -0.385. The van der Waals surface area contributed by atoms with Crippen LogP contribution in [0.2, 0.25) is 0 Å². The van der Waals surface area contributed by atoms with Gasteiger partial charge in [0.25, 0.3) is 5.69 Å². The summed E-state index contributed by atoms with van der Waals surface area (Å²) in [6.07, 6.45) is 2.04. The second-order valence-corrected chi connectivity index (χ2v) is 4.67. The number of rotatable bonds is 4. The van der Waals surface area contributed by atoms with E-state index in [0.29, 0.717) is 5.56 Å². The number of nitrogens with zero attached hydrogens (tertiary/aromatic N) is 1. The maximum atomic E-state index is 11.9. The van der Waals surface area contributed by atoms with Crippen molar-refractivity contribution in [3.05, 3.63) is 39.9 Å². The molecule has 1 aliphatic heterocycles. The topological polar surface area (TPSA) is 84.3 Å². The van der Waals surface area contributed by atoms with E-state index in [1.807, 2.05) is 0 Å². The number of benzene rings is 1. The van der Waals surface area contributed by atoms with E-state index in [1.54, 1.807) is 18.2 Å². The molecular formula is C13H18ClN3O3. The van der Waals surface area contributed by atoms with Crippen molar-refractivity contribution >= 4 is 24.0 Å². The highest BCUT2D eigenvalue weighted by atomic mass is 35.5. The van der Waals surface area contributed by atoms with E-state index in [9.17, 15) is 14.9 Å². The molecule has 110 valence electrons. The Labute approximate surface area is 123 Å². The monoisotopic (exact) mass is 299 g/mol. The lowest BCUT2D eigenvalue weighted by atomic mass is 10.1. The molecule has 0 saturated carbocycles. The zero-order chi connectivity index (χ0) is 13.7. The molecule has 0 aliphatic carbocycles. The number of nitro groups is 1. The second kappa shape index (κ2) is 7.81. The van der Waals surface area contributed by atoms with Crippen molar-refractivity contribution in [3.63, 3.8) is 0 Å². The van der Waals surface area contributed by atoms with Crippen LogP contribution in [-0.2, 0) is 11.2 Å². The van der Waals surface area contributed by atoms with Gasteiger partial charge in [-0.25, -0.2) is 0 Å². The third kappa shape index (κ3) is 4.47. The molecule has 1 heterocycles. The number of carbonyl (C=O) groups excluding carboxylic acids is 1. The van der Waals surface area contributed by atoms with Crippen molar-refractivity contribution in [1.29, 1.82) is 0 Å². The molecule has 1 atom stereocenters. The van der Waals surface area contributed by atoms with Crippen molar-refractivity contribution in [3.8, 4) is 0 Å². The van der Waals surface area contributed by atoms with E-state index in [2.05, 4.69) is 10.6 Å². The molecule has 2 N–H and O–H groups in total. The Morgan fingerprint density at radius 2 is 2.20 bits per heavy atom. The SMILES string of the molecule is Cl.O=C(Cc1ccccc1[N+](=O)[O-])N[C@H]1CCCNC1. The van der Waals surface area contributed by atoms with Crippen LogP contribution in [0.25, 0.3) is 0 Å². The van der Waals surface area contributed by atoms with Gasteiger partial charge in [-0.05, 0) is 19.4 Å². The Hall–Kier alpha value is -1.66. The largest absolute Gasteiger partial charge is 0.352 e. The molecule has 0 bridgehead atoms. The number of nitro benzene ring substituents is 1. The molecule has 1 aromatic rings. The summed E-state index contributed by atoms with van der Waals surface area (Å²) >= 11 is 0. The molecule has 7 heteroatoms. The van der Waals surface area contributed by atoms with Gasteiger partial charge >= 0.3 is 0 Å². The van der Waals surface area contributed by atoms with Crippen molar-refractivity contribution in [2.24, 2.45) is 0 Å². The van der Waals surface area contributed by atoms with E-state index in [4.69, 9.17) is 0 Å². The lowest BCUT2D eigenvalue weighted by Gasteiger charge is -2.23. The molecule has 6 nitrogen and oxygen atoms in total. The summed E-state index contributed by atoms with van der Waals surface area (Å²) < 4.78 is 0. The van der Waals surface area contributed by atoms with Gasteiger partial charge in [-0.3, -0.25) is 14.9 Å². The van der Waals surface area contributed by atoms with E-state index in [-0.39, 0.29) is 36.5 Å². The predicted octanol–water partition coefficient (Wildman–Crippen LogP) is 1.43. The van der Waals surface area contributed by atoms with Crippen LogP contribution in [0, 0.1) is 10.1 Å². The van der Waals surface area contributed by atoms with Crippen molar-refractivity contribution in [2.45, 2.75) is 25.3 Å². The molecule has 0 spiro atoms. The summed E-state index contributed by atoms with van der Waals surface area (Å²) in [7, 11) is 0. The molecule has 2 rings (SSSR count). The molecule has 0 radical (unpaired) electrons. The number of hydrogen-bond donors (Lipinski definition) is 2. The first-order chi connectivity index (χ1) is 9.16. The minimum Gasteiger partial charge on any atom is -0.352 e.